The molecule has 0 spiro atoms. The van der Waals surface area contributed by atoms with Gasteiger partial charge in [0, 0.05) is 37.6 Å². The number of piperazine rings is 1. The van der Waals surface area contributed by atoms with Crippen molar-refractivity contribution < 1.29 is 0 Å². The van der Waals surface area contributed by atoms with Gasteiger partial charge in [-0.3, -0.25) is 4.90 Å². The Balaban J connectivity index is 1.91. The molecule has 1 aliphatic rings. The maximum Gasteiger partial charge on any atom is 0.0368 e. The fourth-order valence-electron chi connectivity index (χ4n) is 2.14. The standard InChI is InChI=1S/C13H20N3/c1-2-7-15-8-10-16(11-9-15)13-5-3-12(14)4-6-13/h3-6H,1-2,7-11,14H2. The van der Waals surface area contributed by atoms with Crippen LogP contribution in [-0.2, 0) is 0 Å². The van der Waals surface area contributed by atoms with Crippen molar-refractivity contribution in [3.8, 4) is 0 Å². The molecule has 1 heterocycles. The van der Waals surface area contributed by atoms with Crippen LogP contribution in [0.25, 0.3) is 0 Å². The van der Waals surface area contributed by atoms with Gasteiger partial charge < -0.3 is 10.6 Å². The van der Waals surface area contributed by atoms with Gasteiger partial charge in [0.25, 0.3) is 0 Å². The van der Waals surface area contributed by atoms with Crippen LogP contribution in [0.3, 0.4) is 0 Å². The van der Waals surface area contributed by atoms with Crippen LogP contribution in [0.4, 0.5) is 11.4 Å². The summed E-state index contributed by atoms with van der Waals surface area (Å²) in [7, 11) is 0. The number of nitrogen functional groups attached to an aromatic ring is 1. The first-order chi connectivity index (χ1) is 7.79. The lowest BCUT2D eigenvalue weighted by atomic mass is 10.2. The van der Waals surface area contributed by atoms with E-state index in [4.69, 9.17) is 5.73 Å². The van der Waals surface area contributed by atoms with E-state index in [0.717, 1.165) is 44.8 Å². The fourth-order valence-corrected chi connectivity index (χ4v) is 2.14. The first kappa shape index (κ1) is 11.3. The van der Waals surface area contributed by atoms with Crippen molar-refractivity contribution in [2.75, 3.05) is 43.4 Å². The average molecular weight is 218 g/mol. The number of nitrogens with two attached hydrogens (primary N) is 1. The second-order valence-electron chi connectivity index (χ2n) is 4.27. The van der Waals surface area contributed by atoms with Gasteiger partial charge in [-0.05, 0) is 37.2 Å². The highest BCUT2D eigenvalue weighted by Crippen LogP contribution is 2.17. The van der Waals surface area contributed by atoms with Crippen LogP contribution < -0.4 is 10.6 Å². The summed E-state index contributed by atoms with van der Waals surface area (Å²) in [5, 5.41) is 0. The van der Waals surface area contributed by atoms with Gasteiger partial charge in [-0.15, -0.1) is 0 Å². The molecule has 1 radical (unpaired) electrons. The zero-order chi connectivity index (χ0) is 11.4. The summed E-state index contributed by atoms with van der Waals surface area (Å²) in [6.07, 6.45) is 1.00. The highest BCUT2D eigenvalue weighted by atomic mass is 15.3. The highest BCUT2D eigenvalue weighted by Gasteiger charge is 2.15. The molecule has 0 unspecified atom stereocenters. The van der Waals surface area contributed by atoms with Crippen molar-refractivity contribution >= 4 is 11.4 Å². The van der Waals surface area contributed by atoms with Crippen molar-refractivity contribution in [1.82, 2.24) is 4.90 Å². The van der Waals surface area contributed by atoms with E-state index in [1.165, 1.54) is 5.69 Å². The summed E-state index contributed by atoms with van der Waals surface area (Å²) in [6.45, 7) is 9.50. The highest BCUT2D eigenvalue weighted by molar-refractivity contribution is 5.53. The lowest BCUT2D eigenvalue weighted by Gasteiger charge is -2.36. The van der Waals surface area contributed by atoms with E-state index in [1.807, 2.05) is 12.1 Å². The van der Waals surface area contributed by atoms with Crippen LogP contribution in [0.15, 0.2) is 24.3 Å². The largest absolute Gasteiger partial charge is 0.399 e. The molecule has 16 heavy (non-hydrogen) atoms. The number of nitrogens with zero attached hydrogens (tertiary/aromatic N) is 2. The van der Waals surface area contributed by atoms with Crippen LogP contribution in [0.5, 0.6) is 0 Å². The van der Waals surface area contributed by atoms with Gasteiger partial charge in [0.15, 0.2) is 0 Å². The van der Waals surface area contributed by atoms with Gasteiger partial charge in [-0.1, -0.05) is 6.92 Å². The summed E-state index contributed by atoms with van der Waals surface area (Å²) in [5.74, 6) is 0. The molecule has 1 aromatic rings. The van der Waals surface area contributed by atoms with Gasteiger partial charge >= 0.3 is 0 Å². The molecule has 1 aliphatic heterocycles. The van der Waals surface area contributed by atoms with Crippen LogP contribution in [0.2, 0.25) is 0 Å². The lowest BCUT2D eigenvalue weighted by Crippen LogP contribution is -2.46. The molecule has 0 bridgehead atoms. The van der Waals surface area contributed by atoms with Crippen molar-refractivity contribution in [1.29, 1.82) is 0 Å². The molecule has 1 fully saturated rings. The molecule has 2 N–H and O–H groups in total. The lowest BCUT2D eigenvalue weighted by molar-refractivity contribution is 0.262. The minimum atomic E-state index is 0.833. The molecular formula is C13H20N3. The quantitative estimate of drug-likeness (QED) is 0.782. The van der Waals surface area contributed by atoms with Crippen LogP contribution >= 0.6 is 0 Å². The third kappa shape index (κ3) is 2.67. The van der Waals surface area contributed by atoms with Gasteiger partial charge in [0.05, 0.1) is 0 Å². The monoisotopic (exact) mass is 218 g/mol. The molecule has 0 aliphatic carbocycles. The first-order valence-corrected chi connectivity index (χ1v) is 5.91. The number of rotatable bonds is 3. The second kappa shape index (κ2) is 5.21. The number of hydrogen-bond acceptors (Lipinski definition) is 3. The molecule has 87 valence electrons. The van der Waals surface area contributed by atoms with Crippen molar-refractivity contribution in [2.24, 2.45) is 0 Å². The van der Waals surface area contributed by atoms with E-state index < -0.39 is 0 Å². The Labute approximate surface area is 97.8 Å². The Morgan fingerprint density at radius 3 is 2.25 bits per heavy atom. The number of benzene rings is 1. The Hall–Kier alpha value is -1.22. The van der Waals surface area contributed by atoms with Gasteiger partial charge in [0.2, 0.25) is 0 Å². The third-order valence-electron chi connectivity index (χ3n) is 3.10. The predicted molar refractivity (Wildman–Crippen MR) is 69.5 cm³/mol. The van der Waals surface area contributed by atoms with E-state index in [-0.39, 0.29) is 0 Å². The average Bonchev–Trinajstić information content (AvgIpc) is 2.32. The Kier molecular flexibility index (Phi) is 3.67. The molecule has 1 saturated heterocycles. The molecule has 3 heteroatoms. The predicted octanol–water partition coefficient (Wildman–Crippen LogP) is 1.61. The van der Waals surface area contributed by atoms with Crippen LogP contribution in [-0.4, -0.2) is 37.6 Å². The number of hydrogen-bond donors (Lipinski definition) is 1. The smallest absolute Gasteiger partial charge is 0.0368 e. The minimum Gasteiger partial charge on any atom is -0.399 e. The van der Waals surface area contributed by atoms with E-state index in [9.17, 15) is 0 Å². The van der Waals surface area contributed by atoms with E-state index >= 15 is 0 Å². The SMILES string of the molecule is [CH2]CCN1CCN(c2ccc(N)cc2)CC1. The fraction of sp³-hybridized carbons (Fsp3) is 0.462. The summed E-state index contributed by atoms with van der Waals surface area (Å²) >= 11 is 0. The van der Waals surface area contributed by atoms with Gasteiger partial charge in [-0.25, -0.2) is 0 Å². The van der Waals surface area contributed by atoms with E-state index in [2.05, 4.69) is 28.9 Å². The number of anilines is 2. The molecule has 1 aromatic carbocycles. The minimum absolute atomic E-state index is 0.833. The molecule has 0 saturated carbocycles. The zero-order valence-corrected chi connectivity index (χ0v) is 9.73. The van der Waals surface area contributed by atoms with Gasteiger partial charge in [0.1, 0.15) is 0 Å². The molecule has 2 rings (SSSR count). The van der Waals surface area contributed by atoms with Crippen molar-refractivity contribution in [3.63, 3.8) is 0 Å². The molecular weight excluding hydrogens is 198 g/mol. The molecule has 3 nitrogen and oxygen atoms in total. The summed E-state index contributed by atoms with van der Waals surface area (Å²) < 4.78 is 0. The third-order valence-corrected chi connectivity index (χ3v) is 3.10. The maximum absolute atomic E-state index is 5.68. The van der Waals surface area contributed by atoms with Crippen LogP contribution in [0.1, 0.15) is 6.42 Å². The summed E-state index contributed by atoms with van der Waals surface area (Å²) in [4.78, 5) is 4.89. The topological polar surface area (TPSA) is 32.5 Å². The normalized spacial score (nSPS) is 17.7. The maximum atomic E-state index is 5.68. The summed E-state index contributed by atoms with van der Waals surface area (Å²) in [5.41, 5.74) is 7.80. The van der Waals surface area contributed by atoms with E-state index in [0.29, 0.717) is 0 Å². The Morgan fingerprint density at radius 1 is 1.06 bits per heavy atom. The molecule has 0 atom stereocenters. The molecule has 0 amide bonds. The second-order valence-corrected chi connectivity index (χ2v) is 4.27. The van der Waals surface area contributed by atoms with Gasteiger partial charge in [-0.2, -0.15) is 0 Å². The molecule has 0 aromatic heterocycles. The Morgan fingerprint density at radius 2 is 1.69 bits per heavy atom. The first-order valence-electron chi connectivity index (χ1n) is 5.91. The van der Waals surface area contributed by atoms with Crippen molar-refractivity contribution in [2.45, 2.75) is 6.42 Å². The van der Waals surface area contributed by atoms with Crippen molar-refractivity contribution in [3.05, 3.63) is 31.2 Å². The van der Waals surface area contributed by atoms with E-state index in [1.54, 1.807) is 0 Å². The zero-order valence-electron chi connectivity index (χ0n) is 9.73. The summed E-state index contributed by atoms with van der Waals surface area (Å²) in [6, 6.07) is 8.15. The van der Waals surface area contributed by atoms with Crippen LogP contribution in [0, 0.1) is 6.92 Å². The Bertz CT molecular complexity index is 312.